The summed E-state index contributed by atoms with van der Waals surface area (Å²) in [6, 6.07) is 11.9. The molecule has 0 saturated carbocycles. The molecule has 1 aliphatic heterocycles. The summed E-state index contributed by atoms with van der Waals surface area (Å²) in [5, 5.41) is 9.72. The summed E-state index contributed by atoms with van der Waals surface area (Å²) in [6.45, 7) is 1.02. The first-order valence-electron chi connectivity index (χ1n) is 7.96. The lowest BCUT2D eigenvalue weighted by molar-refractivity contribution is 0.0729. The fraction of sp³-hybridized carbons (Fsp3) is 0.389. The molecule has 1 fully saturated rings. The van der Waals surface area contributed by atoms with Crippen molar-refractivity contribution in [3.05, 3.63) is 46.3 Å². The van der Waals surface area contributed by atoms with Crippen LogP contribution in [0.2, 0.25) is 5.02 Å². The average Bonchev–Trinajstić information content (AvgIpc) is 3.22. The molecule has 1 atom stereocenters. The van der Waals surface area contributed by atoms with Gasteiger partial charge in [-0.25, -0.2) is 0 Å². The number of halogens is 1. The highest BCUT2D eigenvalue weighted by Crippen LogP contribution is 2.31. The second-order valence-corrected chi connectivity index (χ2v) is 7.35. The van der Waals surface area contributed by atoms with E-state index in [4.69, 9.17) is 16.7 Å². The molecule has 0 radical (unpaired) electrons. The van der Waals surface area contributed by atoms with Crippen molar-refractivity contribution in [3.63, 3.8) is 0 Å². The smallest absolute Gasteiger partial charge is 0.264 e. The van der Waals surface area contributed by atoms with E-state index in [2.05, 4.69) is 0 Å². The quantitative estimate of drug-likeness (QED) is 0.866. The predicted octanol–water partition coefficient (Wildman–Crippen LogP) is 4.45. The van der Waals surface area contributed by atoms with Gasteiger partial charge in [-0.05, 0) is 55.5 Å². The molecular weight excluding hydrogens is 330 g/mol. The number of hydrogen-bond donors (Lipinski definition) is 1. The van der Waals surface area contributed by atoms with Crippen molar-refractivity contribution in [2.24, 2.45) is 0 Å². The largest absolute Gasteiger partial charge is 0.396 e. The number of carbonyl (C=O) groups excluding carboxylic acids is 1. The maximum atomic E-state index is 12.8. The first-order chi connectivity index (χ1) is 11.2. The number of aliphatic hydroxyl groups is 1. The second-order valence-electron chi connectivity index (χ2n) is 5.83. The Labute approximate surface area is 145 Å². The maximum Gasteiger partial charge on any atom is 0.264 e. The van der Waals surface area contributed by atoms with Gasteiger partial charge < -0.3 is 10.0 Å². The molecular formula is C18H20ClNO2S. The van der Waals surface area contributed by atoms with Gasteiger partial charge in [-0.15, -0.1) is 11.3 Å². The zero-order valence-corrected chi connectivity index (χ0v) is 14.4. The molecule has 122 valence electrons. The minimum atomic E-state index is 0.121. The summed E-state index contributed by atoms with van der Waals surface area (Å²) in [4.78, 5) is 16.6. The highest BCUT2D eigenvalue weighted by atomic mass is 35.5. The van der Waals surface area contributed by atoms with E-state index in [0.717, 1.165) is 47.5 Å². The molecule has 1 aromatic heterocycles. The van der Waals surface area contributed by atoms with E-state index in [1.807, 2.05) is 41.3 Å². The number of thiophene rings is 1. The van der Waals surface area contributed by atoms with Gasteiger partial charge in [-0.3, -0.25) is 4.79 Å². The standard InChI is InChI=1S/C18H20ClNO2S/c19-14-7-5-13(6-8-14)16-9-10-17(23-16)18(22)20-11-1-3-15(20)4-2-12-21/h5-10,15,21H,1-4,11-12H2. The van der Waals surface area contributed by atoms with Crippen LogP contribution >= 0.6 is 22.9 Å². The van der Waals surface area contributed by atoms with Gasteiger partial charge >= 0.3 is 0 Å². The molecule has 0 spiro atoms. The van der Waals surface area contributed by atoms with Crippen molar-refractivity contribution < 1.29 is 9.90 Å². The first-order valence-corrected chi connectivity index (χ1v) is 9.16. The van der Waals surface area contributed by atoms with E-state index in [9.17, 15) is 4.79 Å². The lowest BCUT2D eigenvalue weighted by atomic mass is 10.1. The van der Waals surface area contributed by atoms with E-state index >= 15 is 0 Å². The summed E-state index contributed by atoms with van der Waals surface area (Å²) < 4.78 is 0. The number of benzene rings is 1. The molecule has 0 bridgehead atoms. The van der Waals surface area contributed by atoms with Crippen molar-refractivity contribution in [1.29, 1.82) is 0 Å². The number of nitrogens with zero attached hydrogens (tertiary/aromatic N) is 1. The van der Waals surface area contributed by atoms with Crippen LogP contribution in [-0.2, 0) is 0 Å². The molecule has 0 aliphatic carbocycles. The van der Waals surface area contributed by atoms with Crippen LogP contribution in [0.4, 0.5) is 0 Å². The Kier molecular flexibility index (Phi) is 5.36. The van der Waals surface area contributed by atoms with Gasteiger partial charge in [0.2, 0.25) is 0 Å². The lowest BCUT2D eigenvalue weighted by Gasteiger charge is -2.24. The first kappa shape index (κ1) is 16.5. The maximum absolute atomic E-state index is 12.8. The number of hydrogen-bond acceptors (Lipinski definition) is 3. The monoisotopic (exact) mass is 349 g/mol. The van der Waals surface area contributed by atoms with Crippen LogP contribution in [0, 0.1) is 0 Å². The Balaban J connectivity index is 1.74. The molecule has 1 saturated heterocycles. The van der Waals surface area contributed by atoms with E-state index in [-0.39, 0.29) is 18.6 Å². The van der Waals surface area contributed by atoms with E-state index in [1.54, 1.807) is 0 Å². The Morgan fingerprint density at radius 2 is 2.04 bits per heavy atom. The van der Waals surface area contributed by atoms with Crippen LogP contribution in [0.5, 0.6) is 0 Å². The van der Waals surface area contributed by atoms with Gasteiger partial charge in [0.15, 0.2) is 0 Å². The van der Waals surface area contributed by atoms with Crippen LogP contribution in [0.1, 0.15) is 35.4 Å². The molecule has 1 amide bonds. The van der Waals surface area contributed by atoms with E-state index in [0.29, 0.717) is 5.02 Å². The topological polar surface area (TPSA) is 40.5 Å². The molecule has 1 aromatic carbocycles. The predicted molar refractivity (Wildman–Crippen MR) is 95.1 cm³/mol. The summed E-state index contributed by atoms with van der Waals surface area (Å²) >= 11 is 7.45. The average molecular weight is 350 g/mol. The normalized spacial score (nSPS) is 17.7. The van der Waals surface area contributed by atoms with Crippen LogP contribution in [0.25, 0.3) is 10.4 Å². The van der Waals surface area contributed by atoms with Crippen LogP contribution in [0.3, 0.4) is 0 Å². The van der Waals surface area contributed by atoms with Crippen LogP contribution in [-0.4, -0.2) is 35.1 Å². The Morgan fingerprint density at radius 1 is 1.26 bits per heavy atom. The molecule has 1 aliphatic rings. The highest BCUT2D eigenvalue weighted by molar-refractivity contribution is 7.17. The molecule has 1 unspecified atom stereocenters. The minimum absolute atomic E-state index is 0.121. The van der Waals surface area contributed by atoms with E-state index in [1.165, 1.54) is 11.3 Å². The summed E-state index contributed by atoms with van der Waals surface area (Å²) in [5.74, 6) is 0.121. The van der Waals surface area contributed by atoms with Crippen molar-refractivity contribution in [2.75, 3.05) is 13.2 Å². The summed E-state index contributed by atoms with van der Waals surface area (Å²) in [5.41, 5.74) is 1.08. The number of aliphatic hydroxyl groups excluding tert-OH is 1. The number of carbonyl (C=O) groups is 1. The van der Waals surface area contributed by atoms with Crippen LogP contribution < -0.4 is 0 Å². The molecule has 1 N–H and O–H groups in total. The third kappa shape index (κ3) is 3.77. The van der Waals surface area contributed by atoms with Gasteiger partial charge in [-0.1, -0.05) is 23.7 Å². The lowest BCUT2D eigenvalue weighted by Crippen LogP contribution is -2.35. The Morgan fingerprint density at radius 3 is 2.78 bits per heavy atom. The number of rotatable bonds is 5. The Hall–Kier alpha value is -1.36. The molecule has 2 heterocycles. The van der Waals surface area contributed by atoms with E-state index < -0.39 is 0 Å². The number of likely N-dealkylation sites (tertiary alicyclic amines) is 1. The van der Waals surface area contributed by atoms with Gasteiger partial charge in [-0.2, -0.15) is 0 Å². The van der Waals surface area contributed by atoms with Gasteiger partial charge in [0.25, 0.3) is 5.91 Å². The van der Waals surface area contributed by atoms with Crippen molar-refractivity contribution in [2.45, 2.75) is 31.7 Å². The SMILES string of the molecule is O=C(c1ccc(-c2ccc(Cl)cc2)s1)N1CCCC1CCCO. The van der Waals surface area contributed by atoms with Crippen molar-refractivity contribution in [1.82, 2.24) is 4.90 Å². The fourth-order valence-electron chi connectivity index (χ4n) is 3.09. The Bertz CT molecular complexity index is 668. The van der Waals surface area contributed by atoms with Crippen molar-refractivity contribution in [3.8, 4) is 10.4 Å². The molecule has 2 aromatic rings. The third-order valence-electron chi connectivity index (χ3n) is 4.28. The number of amides is 1. The minimum Gasteiger partial charge on any atom is -0.396 e. The summed E-state index contributed by atoms with van der Waals surface area (Å²) in [6.07, 6.45) is 3.74. The summed E-state index contributed by atoms with van der Waals surface area (Å²) in [7, 11) is 0. The molecule has 5 heteroatoms. The van der Waals surface area contributed by atoms with Crippen molar-refractivity contribution >= 4 is 28.8 Å². The fourth-order valence-corrected chi connectivity index (χ4v) is 4.19. The highest BCUT2D eigenvalue weighted by Gasteiger charge is 2.29. The zero-order valence-electron chi connectivity index (χ0n) is 12.9. The zero-order chi connectivity index (χ0) is 16.2. The third-order valence-corrected chi connectivity index (χ3v) is 5.65. The van der Waals surface area contributed by atoms with Gasteiger partial charge in [0.05, 0.1) is 4.88 Å². The molecule has 3 rings (SSSR count). The molecule has 23 heavy (non-hydrogen) atoms. The molecule has 3 nitrogen and oxygen atoms in total. The van der Waals surface area contributed by atoms with Gasteiger partial charge in [0, 0.05) is 29.1 Å². The van der Waals surface area contributed by atoms with Gasteiger partial charge in [0.1, 0.15) is 0 Å². The van der Waals surface area contributed by atoms with Crippen LogP contribution in [0.15, 0.2) is 36.4 Å². The second kappa shape index (κ2) is 7.47.